The van der Waals surface area contributed by atoms with E-state index in [1.807, 2.05) is 33.8 Å². The molecule has 1 aliphatic rings. The molecule has 0 bridgehead atoms. The van der Waals surface area contributed by atoms with Gasteiger partial charge in [0.15, 0.2) is 0 Å². The average molecular weight is 479 g/mol. The predicted molar refractivity (Wildman–Crippen MR) is 127 cm³/mol. The first-order chi connectivity index (χ1) is 14.5. The fourth-order valence-electron chi connectivity index (χ4n) is 4.07. The van der Waals surface area contributed by atoms with Crippen LogP contribution in [0.2, 0.25) is 5.02 Å². The third-order valence-corrected chi connectivity index (χ3v) is 9.25. The number of rotatable bonds is 4. The van der Waals surface area contributed by atoms with Crippen LogP contribution < -0.4 is 4.72 Å². The smallest absolute Gasteiger partial charge is 0.268 e. The van der Waals surface area contributed by atoms with Crippen LogP contribution in [0.25, 0.3) is 10.9 Å². The number of aryl methyl sites for hydroxylation is 1. The molecule has 0 radical (unpaired) electrons. The number of fused-ring (bicyclic) bond motifs is 3. The number of nitrogens with one attached hydrogen (secondary N) is 1. The Hall–Kier alpha value is -1.51. The lowest BCUT2D eigenvalue weighted by Crippen LogP contribution is -2.42. The van der Waals surface area contributed by atoms with Crippen molar-refractivity contribution in [1.82, 2.24) is 8.69 Å². The highest BCUT2D eigenvalue weighted by Gasteiger charge is 2.36. The van der Waals surface area contributed by atoms with Gasteiger partial charge >= 0.3 is 0 Å². The molecule has 1 heterocycles. The lowest BCUT2D eigenvalue weighted by atomic mass is 9.91. The molecule has 0 saturated heterocycles. The Morgan fingerprint density at radius 1 is 1.16 bits per heavy atom. The third kappa shape index (κ3) is 4.14. The van der Waals surface area contributed by atoms with Crippen molar-refractivity contribution in [2.45, 2.75) is 62.6 Å². The number of hydrogen-bond acceptors (Lipinski definition) is 4. The molecule has 8 heteroatoms. The van der Waals surface area contributed by atoms with Gasteiger partial charge in [0.1, 0.15) is 4.75 Å². The second-order valence-electron chi connectivity index (χ2n) is 9.05. The van der Waals surface area contributed by atoms with Crippen molar-refractivity contribution < 1.29 is 13.0 Å². The van der Waals surface area contributed by atoms with E-state index >= 15 is 0 Å². The maximum atomic E-state index is 13.7. The second kappa shape index (κ2) is 8.12. The van der Waals surface area contributed by atoms with E-state index < -0.39 is 26.1 Å². The van der Waals surface area contributed by atoms with Crippen molar-refractivity contribution in [3.8, 4) is 0 Å². The molecule has 4 rings (SSSR count). The lowest BCUT2D eigenvalue weighted by molar-refractivity contribution is 0.488. The number of benzene rings is 2. The molecule has 1 N–H and O–H groups in total. The molecule has 31 heavy (non-hydrogen) atoms. The maximum Gasteiger partial charge on any atom is 0.268 e. The summed E-state index contributed by atoms with van der Waals surface area (Å²) in [5, 5.41) is 1.34. The molecule has 1 aliphatic carbocycles. The largest absolute Gasteiger partial charge is 0.598 e. The molecule has 166 valence electrons. The van der Waals surface area contributed by atoms with Gasteiger partial charge in [-0.15, -0.1) is 4.72 Å². The molecule has 1 aromatic heterocycles. The van der Waals surface area contributed by atoms with E-state index in [1.165, 1.54) is 3.97 Å². The standard InChI is InChI=1S/C23H27ClN2O3S2/c1-15-8-11-17(12-9-15)31(28,29)26-20-13-10-16(24)14-18(20)22-19(6-5-7-21(22)26)25-30(27)23(2,3)4/h8-14,19,25H,5-7H2,1-4H3/t19-,30?/m1/s1. The van der Waals surface area contributed by atoms with E-state index in [2.05, 4.69) is 4.72 Å². The van der Waals surface area contributed by atoms with Crippen LogP contribution in [0.15, 0.2) is 47.4 Å². The number of halogens is 1. The minimum absolute atomic E-state index is 0.209. The Labute approximate surface area is 192 Å². The number of hydrogen-bond donors (Lipinski definition) is 1. The van der Waals surface area contributed by atoms with Gasteiger partial charge in [-0.1, -0.05) is 29.3 Å². The van der Waals surface area contributed by atoms with Crippen LogP contribution in [-0.2, 0) is 27.8 Å². The summed E-state index contributed by atoms with van der Waals surface area (Å²) < 4.78 is 44.6. The van der Waals surface area contributed by atoms with Gasteiger partial charge in [-0.3, -0.25) is 0 Å². The molecule has 1 unspecified atom stereocenters. The summed E-state index contributed by atoms with van der Waals surface area (Å²) in [4.78, 5) is 0.251. The number of aromatic nitrogens is 1. The molecular weight excluding hydrogens is 452 g/mol. The van der Waals surface area contributed by atoms with Gasteiger partial charge < -0.3 is 4.55 Å². The lowest BCUT2D eigenvalue weighted by Gasteiger charge is -2.30. The Balaban J connectivity index is 1.94. The Bertz CT molecular complexity index is 1230. The summed E-state index contributed by atoms with van der Waals surface area (Å²) in [6, 6.07) is 12.0. The van der Waals surface area contributed by atoms with E-state index in [0.29, 0.717) is 17.0 Å². The first-order valence-electron chi connectivity index (χ1n) is 10.3. The van der Waals surface area contributed by atoms with Crippen molar-refractivity contribution in [2.75, 3.05) is 0 Å². The Kier molecular flexibility index (Phi) is 5.94. The average Bonchev–Trinajstić information content (AvgIpc) is 3.02. The molecule has 0 fully saturated rings. The number of nitrogens with zero attached hydrogens (tertiary/aromatic N) is 1. The first kappa shape index (κ1) is 22.7. The molecule has 0 saturated carbocycles. The van der Waals surface area contributed by atoms with E-state index in [0.717, 1.165) is 35.0 Å². The van der Waals surface area contributed by atoms with Gasteiger partial charge in [0.2, 0.25) is 0 Å². The van der Waals surface area contributed by atoms with Crippen molar-refractivity contribution in [2.24, 2.45) is 0 Å². The molecular formula is C23H27ClN2O3S2. The van der Waals surface area contributed by atoms with Gasteiger partial charge in [0, 0.05) is 33.0 Å². The summed E-state index contributed by atoms with van der Waals surface area (Å²) >= 11 is 5.02. The fraction of sp³-hybridized carbons (Fsp3) is 0.391. The van der Waals surface area contributed by atoms with Gasteiger partial charge in [-0.2, -0.15) is 0 Å². The van der Waals surface area contributed by atoms with Crippen LogP contribution in [0, 0.1) is 6.92 Å². The van der Waals surface area contributed by atoms with E-state index in [1.54, 1.807) is 36.4 Å². The van der Waals surface area contributed by atoms with Gasteiger partial charge in [-0.05, 0) is 77.3 Å². The quantitative estimate of drug-likeness (QED) is 0.518. The zero-order valence-corrected chi connectivity index (χ0v) is 20.5. The van der Waals surface area contributed by atoms with Gasteiger partial charge in [-0.25, -0.2) is 12.4 Å². The van der Waals surface area contributed by atoms with Gasteiger partial charge in [0.25, 0.3) is 10.0 Å². The summed E-state index contributed by atoms with van der Waals surface area (Å²) in [5.41, 5.74) is 3.23. The summed E-state index contributed by atoms with van der Waals surface area (Å²) in [6.45, 7) is 7.68. The van der Waals surface area contributed by atoms with Crippen LogP contribution >= 0.6 is 11.6 Å². The molecule has 0 amide bonds. The van der Waals surface area contributed by atoms with E-state index in [-0.39, 0.29) is 10.9 Å². The second-order valence-corrected chi connectivity index (χ2v) is 13.3. The van der Waals surface area contributed by atoms with Crippen LogP contribution in [0.1, 0.15) is 56.5 Å². The molecule has 0 aliphatic heterocycles. The normalized spacial score (nSPS) is 18.2. The van der Waals surface area contributed by atoms with Crippen molar-refractivity contribution in [3.63, 3.8) is 0 Å². The molecule has 2 atom stereocenters. The first-order valence-corrected chi connectivity index (χ1v) is 13.3. The van der Waals surface area contributed by atoms with E-state index in [9.17, 15) is 13.0 Å². The summed E-state index contributed by atoms with van der Waals surface area (Å²) in [5.74, 6) is 0. The highest BCUT2D eigenvalue weighted by Crippen LogP contribution is 2.41. The SMILES string of the molecule is Cc1ccc(S(=O)(=O)n2c3c(c4cc(Cl)ccc42)[C@H](N[S+]([O-])C(C)(C)C)CCC3)cc1. The fourth-order valence-corrected chi connectivity index (χ4v) is 6.68. The molecule has 3 aromatic rings. The summed E-state index contributed by atoms with van der Waals surface area (Å²) in [6.07, 6.45) is 2.22. The van der Waals surface area contributed by atoms with E-state index in [4.69, 9.17) is 11.6 Å². The summed E-state index contributed by atoms with van der Waals surface area (Å²) in [7, 11) is -3.80. The zero-order valence-electron chi connectivity index (χ0n) is 18.1. The van der Waals surface area contributed by atoms with Gasteiger partial charge in [0.05, 0.1) is 16.5 Å². The van der Waals surface area contributed by atoms with Crippen molar-refractivity contribution >= 4 is 43.9 Å². The molecule has 5 nitrogen and oxygen atoms in total. The Morgan fingerprint density at radius 2 is 1.84 bits per heavy atom. The van der Waals surface area contributed by atoms with Crippen molar-refractivity contribution in [3.05, 3.63) is 64.3 Å². The highest BCUT2D eigenvalue weighted by molar-refractivity contribution is 7.91. The minimum Gasteiger partial charge on any atom is -0.598 e. The molecule has 2 aromatic carbocycles. The minimum atomic E-state index is -3.80. The van der Waals surface area contributed by atoms with Crippen molar-refractivity contribution in [1.29, 1.82) is 0 Å². The topological polar surface area (TPSA) is 74.2 Å². The zero-order chi connectivity index (χ0) is 22.6. The van der Waals surface area contributed by atoms with Crippen LogP contribution in [-0.4, -0.2) is 21.7 Å². The maximum absolute atomic E-state index is 13.7. The Morgan fingerprint density at radius 3 is 2.48 bits per heavy atom. The third-order valence-electron chi connectivity index (χ3n) is 5.64. The molecule has 0 spiro atoms. The van der Waals surface area contributed by atoms with Crippen LogP contribution in [0.3, 0.4) is 0 Å². The van der Waals surface area contributed by atoms with Crippen LogP contribution in [0.4, 0.5) is 0 Å². The predicted octanol–water partition coefficient (Wildman–Crippen LogP) is 5.27. The van der Waals surface area contributed by atoms with Crippen LogP contribution in [0.5, 0.6) is 0 Å². The monoisotopic (exact) mass is 478 g/mol. The highest BCUT2D eigenvalue weighted by atomic mass is 35.5.